The van der Waals surface area contributed by atoms with E-state index in [2.05, 4.69) is 5.32 Å². The molecule has 4 aromatic carbocycles. The van der Waals surface area contributed by atoms with Crippen LogP contribution in [0.15, 0.2) is 102 Å². The maximum atomic E-state index is 14.3. The molecule has 4 aromatic rings. The fourth-order valence-corrected chi connectivity index (χ4v) is 6.28. The summed E-state index contributed by atoms with van der Waals surface area (Å²) in [6, 6.07) is 24.7. The number of ether oxygens (including phenoxy) is 2. The Kier molecular flexibility index (Phi) is 10.8. The van der Waals surface area contributed by atoms with Crippen molar-refractivity contribution in [1.82, 2.24) is 10.2 Å². The Labute approximate surface area is 263 Å². The van der Waals surface area contributed by atoms with E-state index >= 15 is 0 Å². The van der Waals surface area contributed by atoms with Crippen molar-refractivity contribution < 1.29 is 31.9 Å². The maximum absolute atomic E-state index is 14.3. The van der Waals surface area contributed by atoms with E-state index in [1.165, 1.54) is 68.6 Å². The fourth-order valence-electron chi connectivity index (χ4n) is 4.85. The highest BCUT2D eigenvalue weighted by atomic mass is 32.2. The molecule has 0 unspecified atom stereocenters. The lowest BCUT2D eigenvalue weighted by atomic mass is 10.0. The zero-order chi connectivity index (χ0) is 32.6. The number of halogens is 1. The number of benzene rings is 4. The van der Waals surface area contributed by atoms with E-state index in [1.54, 1.807) is 24.3 Å². The topological polar surface area (TPSA) is 105 Å². The van der Waals surface area contributed by atoms with Gasteiger partial charge in [-0.2, -0.15) is 0 Å². The molecular weight excluding hydrogens is 597 g/mol. The third kappa shape index (κ3) is 7.98. The number of nitrogens with one attached hydrogen (secondary N) is 1. The molecule has 0 aliphatic carbocycles. The molecule has 1 atom stereocenters. The number of hydrogen-bond donors (Lipinski definition) is 1. The normalized spacial score (nSPS) is 11.8. The average Bonchev–Trinajstić information content (AvgIpc) is 3.06. The number of likely N-dealkylation sites (N-methyl/N-ethyl adjacent to an activating group) is 1. The Balaban J connectivity index is 1.80. The molecule has 0 aromatic heterocycles. The quantitative estimate of drug-likeness (QED) is 0.228. The van der Waals surface area contributed by atoms with Gasteiger partial charge in [0.1, 0.15) is 18.4 Å². The van der Waals surface area contributed by atoms with E-state index in [1.807, 2.05) is 37.3 Å². The van der Waals surface area contributed by atoms with Gasteiger partial charge in [0.2, 0.25) is 11.8 Å². The second kappa shape index (κ2) is 14.7. The summed E-state index contributed by atoms with van der Waals surface area (Å²) >= 11 is 0. The molecule has 11 heteroatoms. The summed E-state index contributed by atoms with van der Waals surface area (Å²) in [5.74, 6) is -0.966. The van der Waals surface area contributed by atoms with E-state index in [0.29, 0.717) is 11.3 Å². The van der Waals surface area contributed by atoms with Crippen molar-refractivity contribution in [3.05, 3.63) is 120 Å². The van der Waals surface area contributed by atoms with Crippen LogP contribution in [0.5, 0.6) is 11.5 Å². The van der Waals surface area contributed by atoms with Crippen LogP contribution in [-0.2, 0) is 32.6 Å². The molecule has 2 amide bonds. The Bertz CT molecular complexity index is 1720. The van der Waals surface area contributed by atoms with Crippen LogP contribution in [0.3, 0.4) is 0 Å². The molecular formula is C34H36FN3O6S. The Hall–Kier alpha value is -4.90. The molecule has 0 aliphatic rings. The summed E-state index contributed by atoms with van der Waals surface area (Å²) in [4.78, 5) is 28.9. The molecule has 0 aliphatic heterocycles. The van der Waals surface area contributed by atoms with Crippen molar-refractivity contribution in [3.63, 3.8) is 0 Å². The monoisotopic (exact) mass is 633 g/mol. The summed E-state index contributed by atoms with van der Waals surface area (Å²) in [6.07, 6.45) is 0.167. The van der Waals surface area contributed by atoms with Gasteiger partial charge in [-0.15, -0.1) is 0 Å². The molecule has 0 saturated carbocycles. The highest BCUT2D eigenvalue weighted by Gasteiger charge is 2.34. The first-order chi connectivity index (χ1) is 21.6. The number of carbonyl (C=O) groups excluding carboxylic acids is 2. The summed E-state index contributed by atoms with van der Waals surface area (Å²) in [7, 11) is -0.0295. The minimum absolute atomic E-state index is 0.0673. The SMILES string of the molecule is CNC(=O)[C@@H](Cc1ccccc1)N(Cc1ccc(F)cc1)C(=O)CN(c1ccc(C)cc1)S(=O)(=O)c1ccc(OC)c(OC)c1. The van der Waals surface area contributed by atoms with Crippen LogP contribution in [0.1, 0.15) is 16.7 Å². The lowest BCUT2D eigenvalue weighted by Crippen LogP contribution is -2.53. The number of sulfonamides is 1. The number of carbonyl (C=O) groups is 2. The number of anilines is 1. The number of aryl methyl sites for hydroxylation is 1. The van der Waals surface area contributed by atoms with Gasteiger partial charge in [0, 0.05) is 26.1 Å². The van der Waals surface area contributed by atoms with Gasteiger partial charge in [0.05, 0.1) is 24.8 Å². The highest BCUT2D eigenvalue weighted by molar-refractivity contribution is 7.92. The fraction of sp³-hybridized carbons (Fsp3) is 0.235. The summed E-state index contributed by atoms with van der Waals surface area (Å²) in [5, 5.41) is 2.64. The zero-order valence-corrected chi connectivity index (χ0v) is 26.4. The van der Waals surface area contributed by atoms with Crippen molar-refractivity contribution in [2.75, 3.05) is 32.1 Å². The number of nitrogens with zero attached hydrogens (tertiary/aromatic N) is 2. The molecule has 45 heavy (non-hydrogen) atoms. The predicted molar refractivity (Wildman–Crippen MR) is 170 cm³/mol. The first kappa shape index (κ1) is 33.0. The van der Waals surface area contributed by atoms with Crippen LogP contribution in [0, 0.1) is 12.7 Å². The second-order valence-electron chi connectivity index (χ2n) is 10.3. The lowest BCUT2D eigenvalue weighted by Gasteiger charge is -2.33. The van der Waals surface area contributed by atoms with Gasteiger partial charge in [-0.1, -0.05) is 60.2 Å². The van der Waals surface area contributed by atoms with Crippen molar-refractivity contribution in [3.8, 4) is 11.5 Å². The molecule has 0 fully saturated rings. The highest BCUT2D eigenvalue weighted by Crippen LogP contribution is 2.32. The molecule has 4 rings (SSSR count). The average molecular weight is 634 g/mol. The number of rotatable bonds is 13. The minimum atomic E-state index is -4.34. The van der Waals surface area contributed by atoms with E-state index in [0.717, 1.165) is 15.4 Å². The number of hydrogen-bond acceptors (Lipinski definition) is 6. The van der Waals surface area contributed by atoms with Crippen LogP contribution in [0.4, 0.5) is 10.1 Å². The van der Waals surface area contributed by atoms with E-state index < -0.39 is 40.2 Å². The van der Waals surface area contributed by atoms with Gasteiger partial charge in [-0.25, -0.2) is 12.8 Å². The van der Waals surface area contributed by atoms with Gasteiger partial charge < -0.3 is 19.7 Å². The van der Waals surface area contributed by atoms with Gasteiger partial charge in [0.15, 0.2) is 11.5 Å². The number of amides is 2. The molecule has 0 bridgehead atoms. The van der Waals surface area contributed by atoms with Gasteiger partial charge in [-0.05, 0) is 54.4 Å². The second-order valence-corrected chi connectivity index (χ2v) is 12.2. The smallest absolute Gasteiger partial charge is 0.264 e. The van der Waals surface area contributed by atoms with Gasteiger partial charge >= 0.3 is 0 Å². The molecule has 9 nitrogen and oxygen atoms in total. The summed E-state index contributed by atoms with van der Waals surface area (Å²) in [5.41, 5.74) is 2.52. The summed E-state index contributed by atoms with van der Waals surface area (Å²) in [6.45, 7) is 1.18. The summed E-state index contributed by atoms with van der Waals surface area (Å²) < 4.78 is 53.8. The van der Waals surface area contributed by atoms with Gasteiger partial charge in [-0.3, -0.25) is 13.9 Å². The van der Waals surface area contributed by atoms with Crippen LogP contribution in [-0.4, -0.2) is 59.0 Å². The standard InChI is InChI=1S/C34H36FN3O6S/c1-24-10-16-28(17-11-24)38(45(41,42)29-18-19-31(43-3)32(21-29)44-4)23-33(39)37(22-26-12-14-27(35)15-13-26)30(34(40)36-2)20-25-8-6-5-7-9-25/h5-19,21,30H,20,22-23H2,1-4H3,(H,36,40)/t30-/m1/s1. The van der Waals surface area contributed by atoms with Gasteiger partial charge in [0.25, 0.3) is 10.0 Å². The number of methoxy groups -OCH3 is 2. The Morgan fingerprint density at radius 1 is 0.844 bits per heavy atom. The maximum Gasteiger partial charge on any atom is 0.264 e. The van der Waals surface area contributed by atoms with Crippen molar-refractivity contribution in [2.45, 2.75) is 30.8 Å². The molecule has 0 saturated heterocycles. The Morgan fingerprint density at radius 3 is 2.09 bits per heavy atom. The van der Waals surface area contributed by atoms with E-state index in [-0.39, 0.29) is 29.3 Å². The molecule has 0 radical (unpaired) electrons. The largest absolute Gasteiger partial charge is 0.493 e. The van der Waals surface area contributed by atoms with Crippen LogP contribution in [0.2, 0.25) is 0 Å². The van der Waals surface area contributed by atoms with Crippen LogP contribution >= 0.6 is 0 Å². The predicted octanol–water partition coefficient (Wildman–Crippen LogP) is 4.73. The first-order valence-electron chi connectivity index (χ1n) is 14.2. The Morgan fingerprint density at radius 2 is 1.49 bits per heavy atom. The molecule has 0 spiro atoms. The van der Waals surface area contributed by atoms with Crippen LogP contribution < -0.4 is 19.1 Å². The van der Waals surface area contributed by atoms with E-state index in [4.69, 9.17) is 9.47 Å². The van der Waals surface area contributed by atoms with Crippen molar-refractivity contribution in [1.29, 1.82) is 0 Å². The zero-order valence-electron chi connectivity index (χ0n) is 25.6. The van der Waals surface area contributed by atoms with Crippen molar-refractivity contribution in [2.24, 2.45) is 0 Å². The first-order valence-corrected chi connectivity index (χ1v) is 15.6. The van der Waals surface area contributed by atoms with Crippen molar-refractivity contribution >= 4 is 27.5 Å². The lowest BCUT2D eigenvalue weighted by molar-refractivity contribution is -0.139. The minimum Gasteiger partial charge on any atom is -0.493 e. The molecule has 0 heterocycles. The molecule has 1 N–H and O–H groups in total. The third-order valence-electron chi connectivity index (χ3n) is 7.33. The van der Waals surface area contributed by atoms with Crippen LogP contribution in [0.25, 0.3) is 0 Å². The van der Waals surface area contributed by atoms with E-state index in [9.17, 15) is 22.4 Å². The third-order valence-corrected chi connectivity index (χ3v) is 9.10. The molecule has 236 valence electrons.